The van der Waals surface area contributed by atoms with Gasteiger partial charge in [0.2, 0.25) is 5.91 Å². The highest BCUT2D eigenvalue weighted by Crippen LogP contribution is 2.33. The quantitative estimate of drug-likeness (QED) is 0.825. The molecule has 1 aliphatic rings. The second-order valence-electron chi connectivity index (χ2n) is 6.96. The van der Waals surface area contributed by atoms with Crippen LogP contribution in [0.25, 0.3) is 10.6 Å². The van der Waals surface area contributed by atoms with Crippen molar-refractivity contribution in [2.24, 2.45) is 11.8 Å². The molecular formula is C20H24N2O3S. The van der Waals surface area contributed by atoms with E-state index in [1.165, 1.54) is 0 Å². The summed E-state index contributed by atoms with van der Waals surface area (Å²) in [7, 11) is 0. The number of hydrogen-bond donors (Lipinski definition) is 2. The molecule has 6 heteroatoms. The van der Waals surface area contributed by atoms with E-state index in [4.69, 9.17) is 0 Å². The summed E-state index contributed by atoms with van der Waals surface area (Å²) >= 11 is 1.59. The smallest absolute Gasteiger partial charge is 0.306 e. The summed E-state index contributed by atoms with van der Waals surface area (Å²) in [4.78, 5) is 29.5. The number of thiazole rings is 1. The van der Waals surface area contributed by atoms with E-state index in [0.717, 1.165) is 34.0 Å². The summed E-state index contributed by atoms with van der Waals surface area (Å²) in [5, 5.41) is 13.2. The number of amides is 1. The first-order valence-corrected chi connectivity index (χ1v) is 9.83. The third-order valence-corrected chi connectivity index (χ3v) is 6.39. The third kappa shape index (κ3) is 4.12. The zero-order chi connectivity index (χ0) is 18.7. The number of carbonyl (C=O) groups excluding carboxylic acids is 1. The maximum atomic E-state index is 12.6. The Bertz CT molecular complexity index is 788. The predicted octanol–water partition coefficient (Wildman–Crippen LogP) is 4.19. The Morgan fingerprint density at radius 2 is 1.92 bits per heavy atom. The molecule has 2 N–H and O–H groups in total. The van der Waals surface area contributed by atoms with Gasteiger partial charge in [0.1, 0.15) is 5.01 Å². The Balaban J connectivity index is 1.68. The van der Waals surface area contributed by atoms with E-state index >= 15 is 0 Å². The molecule has 0 saturated heterocycles. The standard InChI is InChI=1S/C20H24N2O3S/c1-12(21-18(23)15-9-6-10-16(11-15)20(24)25)17-13(2)22-19(26-17)14-7-4-3-5-8-14/h3-5,7-8,12,15-16H,6,9-11H2,1-2H3,(H,21,23)(H,24,25). The van der Waals surface area contributed by atoms with Crippen molar-refractivity contribution < 1.29 is 14.7 Å². The van der Waals surface area contributed by atoms with Gasteiger partial charge in [-0.3, -0.25) is 9.59 Å². The van der Waals surface area contributed by atoms with Crippen molar-refractivity contribution in [1.82, 2.24) is 10.3 Å². The number of nitrogens with one attached hydrogen (secondary N) is 1. The van der Waals surface area contributed by atoms with Gasteiger partial charge in [0.15, 0.2) is 0 Å². The summed E-state index contributed by atoms with van der Waals surface area (Å²) in [5.74, 6) is -1.45. The van der Waals surface area contributed by atoms with Gasteiger partial charge in [-0.2, -0.15) is 0 Å². The molecule has 26 heavy (non-hydrogen) atoms. The van der Waals surface area contributed by atoms with Gasteiger partial charge >= 0.3 is 5.97 Å². The van der Waals surface area contributed by atoms with E-state index in [9.17, 15) is 14.7 Å². The lowest BCUT2D eigenvalue weighted by molar-refractivity contribution is -0.144. The lowest BCUT2D eigenvalue weighted by Crippen LogP contribution is -2.36. The monoisotopic (exact) mass is 372 g/mol. The van der Waals surface area contributed by atoms with Gasteiger partial charge in [-0.15, -0.1) is 11.3 Å². The van der Waals surface area contributed by atoms with Crippen LogP contribution in [-0.2, 0) is 9.59 Å². The summed E-state index contributed by atoms with van der Waals surface area (Å²) in [6.07, 6.45) is 2.66. The molecule has 0 spiro atoms. The zero-order valence-corrected chi connectivity index (χ0v) is 15.9. The van der Waals surface area contributed by atoms with Crippen LogP contribution >= 0.6 is 11.3 Å². The van der Waals surface area contributed by atoms with Crippen molar-refractivity contribution in [1.29, 1.82) is 0 Å². The fourth-order valence-corrected chi connectivity index (χ4v) is 4.64. The number of nitrogens with zero attached hydrogens (tertiary/aromatic N) is 1. The fraction of sp³-hybridized carbons (Fsp3) is 0.450. The number of hydrogen-bond acceptors (Lipinski definition) is 4. The van der Waals surface area contributed by atoms with Crippen molar-refractivity contribution in [3.63, 3.8) is 0 Å². The number of aryl methyl sites for hydroxylation is 1. The lowest BCUT2D eigenvalue weighted by Gasteiger charge is -2.27. The molecule has 3 rings (SSSR count). The number of carboxylic acids is 1. The van der Waals surface area contributed by atoms with Crippen LogP contribution < -0.4 is 5.32 Å². The van der Waals surface area contributed by atoms with Gasteiger partial charge < -0.3 is 10.4 Å². The number of benzene rings is 1. The summed E-state index contributed by atoms with van der Waals surface area (Å²) < 4.78 is 0. The molecule has 0 aliphatic heterocycles. The van der Waals surface area contributed by atoms with E-state index in [1.54, 1.807) is 11.3 Å². The summed E-state index contributed by atoms with van der Waals surface area (Å²) in [6, 6.07) is 9.86. The second-order valence-corrected chi connectivity index (χ2v) is 7.99. The van der Waals surface area contributed by atoms with E-state index in [2.05, 4.69) is 10.3 Å². The lowest BCUT2D eigenvalue weighted by atomic mass is 9.81. The third-order valence-electron chi connectivity index (χ3n) is 5.00. The van der Waals surface area contributed by atoms with Crippen LogP contribution in [0.4, 0.5) is 0 Å². The second kappa shape index (κ2) is 7.99. The molecule has 3 atom stereocenters. The summed E-state index contributed by atoms with van der Waals surface area (Å²) in [6.45, 7) is 3.92. The molecule has 1 heterocycles. The van der Waals surface area contributed by atoms with Crippen molar-refractivity contribution in [2.45, 2.75) is 45.6 Å². The number of carbonyl (C=O) groups is 2. The van der Waals surface area contributed by atoms with Gasteiger partial charge in [0, 0.05) is 11.5 Å². The van der Waals surface area contributed by atoms with Crippen LogP contribution in [-0.4, -0.2) is 22.0 Å². The highest BCUT2D eigenvalue weighted by Gasteiger charge is 2.31. The SMILES string of the molecule is Cc1nc(-c2ccccc2)sc1C(C)NC(=O)C1CCCC(C(=O)O)C1. The van der Waals surface area contributed by atoms with Crippen molar-refractivity contribution in [3.05, 3.63) is 40.9 Å². The van der Waals surface area contributed by atoms with Gasteiger partial charge in [0.05, 0.1) is 22.5 Å². The normalized spacial score (nSPS) is 21.2. The molecule has 1 fully saturated rings. The first kappa shape index (κ1) is 18.6. The minimum absolute atomic E-state index is 0.0440. The highest BCUT2D eigenvalue weighted by molar-refractivity contribution is 7.15. The average molecular weight is 372 g/mol. The van der Waals surface area contributed by atoms with Crippen molar-refractivity contribution >= 4 is 23.2 Å². The van der Waals surface area contributed by atoms with Crippen LogP contribution in [0.15, 0.2) is 30.3 Å². The van der Waals surface area contributed by atoms with Crippen LogP contribution in [0.5, 0.6) is 0 Å². The van der Waals surface area contributed by atoms with Gasteiger partial charge in [-0.1, -0.05) is 36.8 Å². The van der Waals surface area contributed by atoms with Gasteiger partial charge in [0.25, 0.3) is 0 Å². The Morgan fingerprint density at radius 3 is 2.62 bits per heavy atom. The highest BCUT2D eigenvalue weighted by atomic mass is 32.1. The van der Waals surface area contributed by atoms with E-state index in [1.807, 2.05) is 44.2 Å². The maximum absolute atomic E-state index is 12.6. The van der Waals surface area contributed by atoms with Crippen molar-refractivity contribution in [3.8, 4) is 10.6 Å². The minimum Gasteiger partial charge on any atom is -0.481 e. The van der Waals surface area contributed by atoms with Crippen LogP contribution in [0.3, 0.4) is 0 Å². The summed E-state index contributed by atoms with van der Waals surface area (Å²) in [5.41, 5.74) is 2.00. The number of rotatable bonds is 5. The molecule has 1 saturated carbocycles. The number of aromatic nitrogens is 1. The zero-order valence-electron chi connectivity index (χ0n) is 15.1. The average Bonchev–Trinajstić information content (AvgIpc) is 3.04. The number of aliphatic carboxylic acids is 1. The molecule has 0 radical (unpaired) electrons. The Hall–Kier alpha value is -2.21. The Labute approximate surface area is 157 Å². The van der Waals surface area contributed by atoms with Crippen molar-refractivity contribution in [2.75, 3.05) is 0 Å². The van der Waals surface area contributed by atoms with Crippen LogP contribution in [0, 0.1) is 18.8 Å². The molecule has 5 nitrogen and oxygen atoms in total. The van der Waals surface area contributed by atoms with Crippen LogP contribution in [0.2, 0.25) is 0 Å². The predicted molar refractivity (Wildman–Crippen MR) is 102 cm³/mol. The first-order chi connectivity index (χ1) is 12.5. The Kier molecular flexibility index (Phi) is 5.71. The molecule has 1 aromatic heterocycles. The number of carboxylic acid groups (broad SMARTS) is 1. The fourth-order valence-electron chi connectivity index (χ4n) is 3.56. The van der Waals surface area contributed by atoms with Gasteiger partial charge in [-0.05, 0) is 33.1 Å². The molecule has 1 aromatic carbocycles. The van der Waals surface area contributed by atoms with E-state index in [-0.39, 0.29) is 17.9 Å². The van der Waals surface area contributed by atoms with E-state index in [0.29, 0.717) is 12.8 Å². The minimum atomic E-state index is -0.790. The topological polar surface area (TPSA) is 79.3 Å². The Morgan fingerprint density at radius 1 is 1.23 bits per heavy atom. The molecule has 3 unspecified atom stereocenters. The van der Waals surface area contributed by atoms with Gasteiger partial charge in [-0.25, -0.2) is 4.98 Å². The maximum Gasteiger partial charge on any atom is 0.306 e. The largest absolute Gasteiger partial charge is 0.481 e. The first-order valence-electron chi connectivity index (χ1n) is 9.01. The molecular weight excluding hydrogens is 348 g/mol. The molecule has 2 aromatic rings. The molecule has 1 aliphatic carbocycles. The molecule has 0 bridgehead atoms. The van der Waals surface area contributed by atoms with Crippen LogP contribution in [0.1, 0.15) is 49.2 Å². The molecule has 138 valence electrons. The van der Waals surface area contributed by atoms with E-state index < -0.39 is 11.9 Å². The molecule has 1 amide bonds.